The third-order valence-corrected chi connectivity index (χ3v) is 6.95. The number of benzene rings is 5. The van der Waals surface area contributed by atoms with Gasteiger partial charge in [0.05, 0.1) is 12.5 Å². The summed E-state index contributed by atoms with van der Waals surface area (Å²) in [6.45, 7) is 8.89. The van der Waals surface area contributed by atoms with Crippen LogP contribution in [0.1, 0.15) is 33.7 Å². The highest BCUT2D eigenvalue weighted by molar-refractivity contribution is 5.47. The van der Waals surface area contributed by atoms with Crippen LogP contribution < -0.4 is 4.74 Å². The fourth-order valence-electron chi connectivity index (χ4n) is 4.94. The van der Waals surface area contributed by atoms with Crippen LogP contribution in [-0.4, -0.2) is 13.2 Å². The summed E-state index contributed by atoms with van der Waals surface area (Å²) in [6, 6.07) is 49.2. The van der Waals surface area contributed by atoms with E-state index in [4.69, 9.17) is 16.0 Å². The Morgan fingerprint density at radius 3 is 1.51 bits per heavy atom. The largest absolute Gasteiger partial charge is 0.489 e. The molecule has 5 rings (SSSR count). The van der Waals surface area contributed by atoms with E-state index in [-0.39, 0.29) is 5.92 Å². The molecule has 3 nitrogen and oxygen atoms in total. The van der Waals surface area contributed by atoms with Gasteiger partial charge in [-0.15, -0.1) is 0 Å². The maximum Gasteiger partial charge on any atom is 0.223 e. The van der Waals surface area contributed by atoms with Crippen molar-refractivity contribution in [1.82, 2.24) is 0 Å². The van der Waals surface area contributed by atoms with Gasteiger partial charge in [0.2, 0.25) is 6.54 Å². The highest BCUT2D eigenvalue weighted by atomic mass is 16.5. The Hall–Kier alpha value is -4.65. The van der Waals surface area contributed by atoms with E-state index < -0.39 is 5.60 Å². The molecule has 0 bridgehead atoms. The van der Waals surface area contributed by atoms with Gasteiger partial charge in [0.1, 0.15) is 18.0 Å². The maximum absolute atomic E-state index is 7.66. The van der Waals surface area contributed by atoms with Crippen LogP contribution in [0.2, 0.25) is 0 Å². The molecule has 3 heteroatoms. The quantitative estimate of drug-likeness (QED) is 0.132. The average Bonchev–Trinajstić information content (AvgIpc) is 3.02. The molecule has 0 fully saturated rings. The molecule has 0 aliphatic heterocycles. The molecule has 0 N–H and O–H groups in total. The van der Waals surface area contributed by atoms with Crippen molar-refractivity contribution in [3.63, 3.8) is 0 Å². The van der Waals surface area contributed by atoms with Crippen LogP contribution in [0.4, 0.5) is 0 Å². The Bertz CT molecular complexity index is 1370. The van der Waals surface area contributed by atoms with Crippen LogP contribution in [0.15, 0.2) is 146 Å². The van der Waals surface area contributed by atoms with Crippen molar-refractivity contribution < 1.29 is 9.47 Å². The Morgan fingerprint density at radius 2 is 1.05 bits per heavy atom. The molecule has 5 aromatic rings. The van der Waals surface area contributed by atoms with E-state index in [1.54, 1.807) is 0 Å². The second-order valence-corrected chi connectivity index (χ2v) is 9.47. The monoisotopic (exact) mass is 509 g/mol. The minimum atomic E-state index is -0.817. The van der Waals surface area contributed by atoms with Gasteiger partial charge in [-0.3, -0.25) is 0 Å². The SMILES string of the molecule is [C-]#[N+]C[C@@H](COC(c1ccccc1)(c1ccccc1)c1ccccc1)c1ccc(OCc2ccccc2)cc1. The van der Waals surface area contributed by atoms with E-state index in [2.05, 4.69) is 65.5 Å². The van der Waals surface area contributed by atoms with E-state index in [1.807, 2.05) is 84.9 Å². The van der Waals surface area contributed by atoms with Crippen LogP contribution in [0.25, 0.3) is 4.85 Å². The fraction of sp³-hybridized carbons (Fsp3) is 0.139. The Morgan fingerprint density at radius 1 is 0.590 bits per heavy atom. The van der Waals surface area contributed by atoms with Gasteiger partial charge in [-0.1, -0.05) is 133 Å². The first-order valence-corrected chi connectivity index (χ1v) is 13.2. The van der Waals surface area contributed by atoms with Gasteiger partial charge >= 0.3 is 0 Å². The number of hydrogen-bond acceptors (Lipinski definition) is 2. The molecule has 192 valence electrons. The van der Waals surface area contributed by atoms with Gasteiger partial charge in [0, 0.05) is 0 Å². The van der Waals surface area contributed by atoms with Gasteiger partial charge in [0.25, 0.3) is 0 Å². The lowest BCUT2D eigenvalue weighted by atomic mass is 9.80. The fourth-order valence-corrected chi connectivity index (χ4v) is 4.94. The zero-order valence-electron chi connectivity index (χ0n) is 21.8. The molecule has 0 saturated heterocycles. The van der Waals surface area contributed by atoms with Crippen molar-refractivity contribution in [2.24, 2.45) is 0 Å². The molecule has 0 aliphatic carbocycles. The van der Waals surface area contributed by atoms with Crippen LogP contribution in [-0.2, 0) is 16.9 Å². The van der Waals surface area contributed by atoms with Gasteiger partial charge in [-0.05, 0) is 39.9 Å². The van der Waals surface area contributed by atoms with Crippen LogP contribution in [0.5, 0.6) is 5.75 Å². The Kier molecular flexibility index (Phi) is 8.48. The van der Waals surface area contributed by atoms with Crippen molar-refractivity contribution in [3.8, 4) is 5.75 Å². The lowest BCUT2D eigenvalue weighted by Gasteiger charge is -2.36. The van der Waals surface area contributed by atoms with Gasteiger partial charge in [-0.25, -0.2) is 6.57 Å². The summed E-state index contributed by atoms with van der Waals surface area (Å²) < 4.78 is 13.0. The lowest BCUT2D eigenvalue weighted by Crippen LogP contribution is -2.34. The molecule has 5 aromatic carbocycles. The summed E-state index contributed by atoms with van der Waals surface area (Å²) in [5, 5.41) is 0. The number of hydrogen-bond donors (Lipinski definition) is 0. The molecule has 0 saturated carbocycles. The zero-order chi connectivity index (χ0) is 26.8. The van der Waals surface area contributed by atoms with Crippen molar-refractivity contribution in [3.05, 3.63) is 185 Å². The number of rotatable bonds is 11. The van der Waals surface area contributed by atoms with E-state index in [9.17, 15) is 0 Å². The molecule has 0 heterocycles. The summed E-state index contributed by atoms with van der Waals surface area (Å²) in [7, 11) is 0. The third kappa shape index (κ3) is 6.09. The molecule has 0 unspecified atom stereocenters. The smallest absolute Gasteiger partial charge is 0.223 e. The summed E-state index contributed by atoms with van der Waals surface area (Å²) in [6.07, 6.45) is 0. The summed E-state index contributed by atoms with van der Waals surface area (Å²) in [5.41, 5.74) is 4.51. The molecule has 0 aliphatic rings. The average molecular weight is 510 g/mol. The lowest BCUT2D eigenvalue weighted by molar-refractivity contribution is 0.00589. The highest BCUT2D eigenvalue weighted by Gasteiger charge is 2.38. The summed E-state index contributed by atoms with van der Waals surface area (Å²) >= 11 is 0. The minimum absolute atomic E-state index is 0.0961. The van der Waals surface area contributed by atoms with Crippen molar-refractivity contribution in [2.45, 2.75) is 18.1 Å². The van der Waals surface area contributed by atoms with Crippen molar-refractivity contribution in [1.29, 1.82) is 0 Å². The van der Waals surface area contributed by atoms with Crippen molar-refractivity contribution in [2.75, 3.05) is 13.2 Å². The molecular formula is C36H31NO2. The first kappa shape index (κ1) is 26.0. The second kappa shape index (κ2) is 12.7. The zero-order valence-corrected chi connectivity index (χ0v) is 21.8. The minimum Gasteiger partial charge on any atom is -0.489 e. The highest BCUT2D eigenvalue weighted by Crippen LogP contribution is 2.41. The summed E-state index contributed by atoms with van der Waals surface area (Å²) in [4.78, 5) is 3.77. The first-order chi connectivity index (χ1) is 19.3. The molecule has 0 radical (unpaired) electrons. The predicted molar refractivity (Wildman–Crippen MR) is 157 cm³/mol. The third-order valence-electron chi connectivity index (χ3n) is 6.95. The topological polar surface area (TPSA) is 22.8 Å². The van der Waals surface area contributed by atoms with E-state index in [0.29, 0.717) is 19.8 Å². The molecule has 0 amide bonds. The number of nitrogens with zero attached hydrogens (tertiary/aromatic N) is 1. The molecule has 0 aromatic heterocycles. The first-order valence-electron chi connectivity index (χ1n) is 13.2. The van der Waals surface area contributed by atoms with Crippen LogP contribution in [0, 0.1) is 6.57 Å². The van der Waals surface area contributed by atoms with Gasteiger partial charge < -0.3 is 14.3 Å². The van der Waals surface area contributed by atoms with Crippen LogP contribution >= 0.6 is 0 Å². The predicted octanol–water partition coefficient (Wildman–Crippen LogP) is 8.28. The van der Waals surface area contributed by atoms with Crippen molar-refractivity contribution >= 4 is 0 Å². The van der Waals surface area contributed by atoms with Gasteiger partial charge in [0.15, 0.2) is 0 Å². The molecule has 39 heavy (non-hydrogen) atoms. The maximum atomic E-state index is 7.66. The van der Waals surface area contributed by atoms with Crippen LogP contribution in [0.3, 0.4) is 0 Å². The van der Waals surface area contributed by atoms with Gasteiger partial charge in [-0.2, -0.15) is 0 Å². The normalized spacial score (nSPS) is 11.9. The second-order valence-electron chi connectivity index (χ2n) is 9.47. The van der Waals surface area contributed by atoms with E-state index in [1.165, 1.54) is 0 Å². The Balaban J connectivity index is 1.44. The van der Waals surface area contributed by atoms with E-state index in [0.717, 1.165) is 33.6 Å². The van der Waals surface area contributed by atoms with E-state index >= 15 is 0 Å². The molecule has 0 spiro atoms. The summed E-state index contributed by atoms with van der Waals surface area (Å²) in [5.74, 6) is 0.707. The number of ether oxygens (including phenoxy) is 2. The molecular weight excluding hydrogens is 478 g/mol. The molecule has 1 atom stereocenters. The Labute approximate surface area is 231 Å². The standard InChI is InChI=1S/C36H31NO2/c1-37-26-31(30-22-24-35(25-23-30)38-27-29-14-6-2-7-15-29)28-39-36(32-16-8-3-9-17-32,33-18-10-4-11-19-33)34-20-12-5-13-21-34/h2-25,31H,26-28H2/t31-/m0/s1.